The van der Waals surface area contributed by atoms with Crippen LogP contribution in [0.5, 0.6) is 0 Å². The number of aliphatic hydroxyl groups is 1. The minimum atomic E-state index is -4.01. The topological polar surface area (TPSA) is 104 Å². The molecule has 3 N–H and O–H groups in total. The van der Waals surface area contributed by atoms with Crippen molar-refractivity contribution in [2.24, 2.45) is 0 Å². The third-order valence-electron chi connectivity index (χ3n) is 2.52. The number of aliphatic carboxylic acids is 1. The minimum absolute atomic E-state index is 0.0795. The Bertz CT molecular complexity index is 572. The number of benzene rings is 1. The molecule has 0 aliphatic rings. The summed E-state index contributed by atoms with van der Waals surface area (Å²) in [6, 6.07) is 2.96. The van der Waals surface area contributed by atoms with Gasteiger partial charge < -0.3 is 10.2 Å². The van der Waals surface area contributed by atoms with Crippen LogP contribution in [-0.2, 0) is 14.8 Å². The van der Waals surface area contributed by atoms with Gasteiger partial charge in [-0.3, -0.25) is 4.79 Å². The van der Waals surface area contributed by atoms with Gasteiger partial charge >= 0.3 is 5.97 Å². The Morgan fingerprint density at radius 2 is 2.11 bits per heavy atom. The van der Waals surface area contributed by atoms with Crippen molar-refractivity contribution >= 4 is 27.6 Å². The molecule has 0 saturated heterocycles. The van der Waals surface area contributed by atoms with E-state index in [4.69, 9.17) is 21.8 Å². The molecular formula is C11H14ClNO5S. The van der Waals surface area contributed by atoms with Gasteiger partial charge in [-0.05, 0) is 31.0 Å². The molecule has 0 aliphatic heterocycles. The summed E-state index contributed by atoms with van der Waals surface area (Å²) in [6.45, 7) is 1.09. The third-order valence-corrected chi connectivity index (χ3v) is 4.55. The molecule has 1 rings (SSSR count). The molecule has 1 aromatic rings. The van der Waals surface area contributed by atoms with Crippen LogP contribution in [-0.4, -0.2) is 37.2 Å². The van der Waals surface area contributed by atoms with E-state index in [1.165, 1.54) is 25.1 Å². The Morgan fingerprint density at radius 3 is 2.63 bits per heavy atom. The summed E-state index contributed by atoms with van der Waals surface area (Å²) in [5.41, 5.74) is 0.338. The van der Waals surface area contributed by atoms with Gasteiger partial charge in [-0.15, -0.1) is 0 Å². The van der Waals surface area contributed by atoms with Crippen LogP contribution in [0.3, 0.4) is 0 Å². The first-order chi connectivity index (χ1) is 8.79. The number of carbonyl (C=O) groups is 1. The molecule has 0 aliphatic carbocycles. The average molecular weight is 308 g/mol. The monoisotopic (exact) mass is 307 g/mol. The van der Waals surface area contributed by atoms with Crippen molar-refractivity contribution in [1.82, 2.24) is 4.72 Å². The van der Waals surface area contributed by atoms with Crippen molar-refractivity contribution in [2.45, 2.75) is 24.3 Å². The van der Waals surface area contributed by atoms with Gasteiger partial charge in [0.25, 0.3) is 0 Å². The van der Waals surface area contributed by atoms with Crippen molar-refractivity contribution < 1.29 is 23.4 Å². The Hall–Kier alpha value is -1.15. The lowest BCUT2D eigenvalue weighted by atomic mass is 10.2. The van der Waals surface area contributed by atoms with E-state index in [0.29, 0.717) is 5.56 Å². The molecule has 6 nitrogen and oxygen atoms in total. The summed E-state index contributed by atoms with van der Waals surface area (Å²) < 4.78 is 26.2. The van der Waals surface area contributed by atoms with Crippen LogP contribution in [0.1, 0.15) is 12.0 Å². The normalized spacial score (nSPS) is 13.2. The number of aliphatic hydroxyl groups excluding tert-OH is 1. The largest absolute Gasteiger partial charge is 0.480 e. The smallest absolute Gasteiger partial charge is 0.321 e. The standard InChI is InChI=1S/C11H14ClNO5S/c1-7-8(12)3-2-4-10(7)19(17,18)13-9(5-6-14)11(15)16/h2-4,9,13-14H,5-6H2,1H3,(H,15,16). The molecule has 19 heavy (non-hydrogen) atoms. The first-order valence-corrected chi connectivity index (χ1v) is 7.27. The minimum Gasteiger partial charge on any atom is -0.480 e. The maximum Gasteiger partial charge on any atom is 0.321 e. The van der Waals surface area contributed by atoms with Crippen LogP contribution in [0.15, 0.2) is 23.1 Å². The van der Waals surface area contributed by atoms with Gasteiger partial charge in [-0.25, -0.2) is 8.42 Å². The molecule has 0 spiro atoms. The summed E-state index contributed by atoms with van der Waals surface area (Å²) in [4.78, 5) is 10.8. The van der Waals surface area contributed by atoms with Gasteiger partial charge in [0.1, 0.15) is 6.04 Å². The lowest BCUT2D eigenvalue weighted by molar-refractivity contribution is -0.139. The Labute approximate surface area is 116 Å². The fourth-order valence-electron chi connectivity index (χ4n) is 1.49. The Balaban J connectivity index is 3.10. The molecule has 106 valence electrons. The quantitative estimate of drug-likeness (QED) is 0.720. The lowest BCUT2D eigenvalue weighted by Gasteiger charge is -2.15. The third kappa shape index (κ3) is 3.90. The number of sulfonamides is 1. The first-order valence-electron chi connectivity index (χ1n) is 5.40. The van der Waals surface area contributed by atoms with E-state index in [1.54, 1.807) is 0 Å². The summed E-state index contributed by atoms with van der Waals surface area (Å²) in [6.07, 6.45) is -0.214. The van der Waals surface area contributed by atoms with Gasteiger partial charge in [0, 0.05) is 11.6 Å². The SMILES string of the molecule is Cc1c(Cl)cccc1S(=O)(=O)NC(CCO)C(=O)O. The van der Waals surface area contributed by atoms with E-state index in [2.05, 4.69) is 0 Å². The first kappa shape index (κ1) is 15.9. The average Bonchev–Trinajstić information content (AvgIpc) is 2.31. The Morgan fingerprint density at radius 1 is 1.47 bits per heavy atom. The van der Waals surface area contributed by atoms with E-state index in [0.717, 1.165) is 0 Å². The van der Waals surface area contributed by atoms with Gasteiger partial charge in [0.2, 0.25) is 10.0 Å². The molecule has 0 heterocycles. The maximum atomic E-state index is 12.1. The molecule has 8 heteroatoms. The van der Waals surface area contributed by atoms with Gasteiger partial charge in [-0.1, -0.05) is 17.7 Å². The zero-order chi connectivity index (χ0) is 14.6. The van der Waals surface area contributed by atoms with Crippen molar-refractivity contribution in [3.63, 3.8) is 0 Å². The highest BCUT2D eigenvalue weighted by Gasteiger charge is 2.26. The predicted octanol–water partition coefficient (Wildman–Crippen LogP) is 0.762. The molecule has 1 atom stereocenters. The molecule has 0 amide bonds. The zero-order valence-corrected chi connectivity index (χ0v) is 11.7. The molecule has 0 saturated carbocycles. The van der Waals surface area contributed by atoms with Crippen LogP contribution < -0.4 is 4.72 Å². The van der Waals surface area contributed by atoms with E-state index in [1.807, 2.05) is 4.72 Å². The van der Waals surface area contributed by atoms with Crippen molar-refractivity contribution in [1.29, 1.82) is 0 Å². The number of hydrogen-bond acceptors (Lipinski definition) is 4. The highest BCUT2D eigenvalue weighted by molar-refractivity contribution is 7.89. The molecule has 0 fully saturated rings. The van der Waals surface area contributed by atoms with Crippen LogP contribution in [0, 0.1) is 6.92 Å². The summed E-state index contributed by atoms with van der Waals surface area (Å²) in [5.74, 6) is -1.35. The fraction of sp³-hybridized carbons (Fsp3) is 0.364. The van der Waals surface area contributed by atoms with Crippen LogP contribution >= 0.6 is 11.6 Å². The lowest BCUT2D eigenvalue weighted by Crippen LogP contribution is -2.41. The summed E-state index contributed by atoms with van der Waals surface area (Å²) in [5, 5.41) is 17.9. The second kappa shape index (κ2) is 6.33. The highest BCUT2D eigenvalue weighted by Crippen LogP contribution is 2.22. The number of halogens is 1. The van der Waals surface area contributed by atoms with Gasteiger partial charge in [0.15, 0.2) is 0 Å². The fourth-order valence-corrected chi connectivity index (χ4v) is 3.21. The zero-order valence-electron chi connectivity index (χ0n) is 10.1. The van der Waals surface area contributed by atoms with Crippen LogP contribution in [0.2, 0.25) is 5.02 Å². The van der Waals surface area contributed by atoms with E-state index in [9.17, 15) is 13.2 Å². The van der Waals surface area contributed by atoms with E-state index in [-0.39, 0.29) is 16.3 Å². The molecule has 1 aromatic carbocycles. The highest BCUT2D eigenvalue weighted by atomic mass is 35.5. The van der Waals surface area contributed by atoms with E-state index < -0.39 is 28.6 Å². The molecular weight excluding hydrogens is 294 g/mol. The van der Waals surface area contributed by atoms with Gasteiger partial charge in [-0.2, -0.15) is 4.72 Å². The maximum absolute atomic E-state index is 12.1. The Kier molecular flexibility index (Phi) is 5.30. The summed E-state index contributed by atoms with van der Waals surface area (Å²) in [7, 11) is -4.01. The van der Waals surface area contributed by atoms with Crippen LogP contribution in [0.25, 0.3) is 0 Å². The predicted molar refractivity (Wildman–Crippen MR) is 69.6 cm³/mol. The molecule has 0 aromatic heterocycles. The number of hydrogen-bond donors (Lipinski definition) is 3. The summed E-state index contributed by atoms with van der Waals surface area (Å²) >= 11 is 5.83. The molecule has 0 radical (unpaired) electrons. The van der Waals surface area contributed by atoms with Crippen molar-refractivity contribution in [2.75, 3.05) is 6.61 Å². The van der Waals surface area contributed by atoms with E-state index >= 15 is 0 Å². The number of rotatable bonds is 6. The molecule has 1 unspecified atom stereocenters. The van der Waals surface area contributed by atoms with Crippen molar-refractivity contribution in [3.8, 4) is 0 Å². The number of carboxylic acids is 1. The van der Waals surface area contributed by atoms with Crippen LogP contribution in [0.4, 0.5) is 0 Å². The molecule has 0 bridgehead atoms. The second-order valence-electron chi connectivity index (χ2n) is 3.89. The van der Waals surface area contributed by atoms with Gasteiger partial charge in [0.05, 0.1) is 4.90 Å². The second-order valence-corrected chi connectivity index (χ2v) is 5.98. The number of nitrogens with one attached hydrogen (secondary N) is 1. The number of carboxylic acid groups (broad SMARTS) is 1. The van der Waals surface area contributed by atoms with Crippen molar-refractivity contribution in [3.05, 3.63) is 28.8 Å².